The maximum atomic E-state index is 13.7. The van der Waals surface area contributed by atoms with E-state index in [4.69, 9.17) is 14.5 Å². The maximum Gasteiger partial charge on any atom is 0.409 e. The minimum atomic E-state index is -1.01. The molecule has 1 saturated heterocycles. The Labute approximate surface area is 248 Å². The first-order valence-electron chi connectivity index (χ1n) is 14.4. The van der Waals surface area contributed by atoms with Crippen LogP contribution < -0.4 is 5.32 Å². The molecule has 0 aliphatic carbocycles. The summed E-state index contributed by atoms with van der Waals surface area (Å²) < 4.78 is 10.5. The van der Waals surface area contributed by atoms with Crippen LogP contribution in [0.3, 0.4) is 0 Å². The number of nitrogens with zero attached hydrogens (tertiary/aromatic N) is 4. The molecular formula is C31H43N5O6. The Balaban J connectivity index is 1.85. The van der Waals surface area contributed by atoms with E-state index in [1.165, 1.54) is 0 Å². The third-order valence-corrected chi connectivity index (χ3v) is 6.54. The smallest absolute Gasteiger partial charge is 0.409 e. The molecule has 228 valence electrons. The fourth-order valence-electron chi connectivity index (χ4n) is 4.35. The molecule has 2 heterocycles. The summed E-state index contributed by atoms with van der Waals surface area (Å²) in [5.74, 6) is -0.957. The van der Waals surface area contributed by atoms with Gasteiger partial charge in [-0.15, -0.1) is 0 Å². The molecule has 1 unspecified atom stereocenters. The third-order valence-electron chi connectivity index (χ3n) is 6.54. The summed E-state index contributed by atoms with van der Waals surface area (Å²) in [6.45, 7) is 14.4. The Morgan fingerprint density at radius 2 is 1.55 bits per heavy atom. The van der Waals surface area contributed by atoms with Crippen molar-refractivity contribution in [1.82, 2.24) is 25.1 Å². The first kappa shape index (κ1) is 32.5. The zero-order valence-corrected chi connectivity index (χ0v) is 25.7. The predicted molar refractivity (Wildman–Crippen MR) is 158 cm³/mol. The molecule has 1 aromatic heterocycles. The van der Waals surface area contributed by atoms with Crippen molar-refractivity contribution in [2.45, 2.75) is 78.4 Å². The lowest BCUT2D eigenvalue weighted by Crippen LogP contribution is -2.56. The Morgan fingerprint density at radius 1 is 0.929 bits per heavy atom. The van der Waals surface area contributed by atoms with E-state index in [0.717, 1.165) is 5.56 Å². The third kappa shape index (κ3) is 9.25. The van der Waals surface area contributed by atoms with Crippen molar-refractivity contribution in [2.24, 2.45) is 0 Å². The van der Waals surface area contributed by atoms with Crippen LogP contribution in [0.2, 0.25) is 0 Å². The average molecular weight is 582 g/mol. The van der Waals surface area contributed by atoms with Gasteiger partial charge in [-0.3, -0.25) is 14.4 Å². The van der Waals surface area contributed by atoms with E-state index in [9.17, 15) is 19.2 Å². The Morgan fingerprint density at radius 3 is 2.12 bits per heavy atom. The highest BCUT2D eigenvalue weighted by Crippen LogP contribution is 2.24. The number of nitrogens with one attached hydrogen (secondary N) is 1. The van der Waals surface area contributed by atoms with Crippen molar-refractivity contribution in [3.05, 3.63) is 47.8 Å². The normalized spacial score (nSPS) is 14.6. The van der Waals surface area contributed by atoms with Crippen LogP contribution in [0.4, 0.5) is 4.79 Å². The van der Waals surface area contributed by atoms with Crippen LogP contribution >= 0.6 is 0 Å². The molecule has 11 heteroatoms. The molecule has 1 aliphatic rings. The van der Waals surface area contributed by atoms with E-state index in [1.54, 1.807) is 43.6 Å². The van der Waals surface area contributed by atoms with E-state index in [1.807, 2.05) is 51.1 Å². The monoisotopic (exact) mass is 581 g/mol. The second-order valence-corrected chi connectivity index (χ2v) is 12.2. The van der Waals surface area contributed by atoms with E-state index < -0.39 is 29.6 Å². The standard InChI is InChI=1S/C31H43N5O6/c1-8-41-29(40)36-18-16-35(17-19-36)28(39)22(14-15-25(37)42-31(5,6)7)33-27(38)23-20-24(30(2,3)4)34-26(32-23)21-12-10-9-11-13-21/h9-13,20,22H,8,14-19H2,1-7H3,(H,33,38). The van der Waals surface area contributed by atoms with Gasteiger partial charge < -0.3 is 24.6 Å². The topological polar surface area (TPSA) is 131 Å². The highest BCUT2D eigenvalue weighted by Gasteiger charge is 2.32. The minimum Gasteiger partial charge on any atom is -0.460 e. The molecule has 0 radical (unpaired) electrons. The summed E-state index contributed by atoms with van der Waals surface area (Å²) in [5, 5.41) is 2.83. The number of piperazine rings is 1. The molecule has 42 heavy (non-hydrogen) atoms. The number of ether oxygens (including phenoxy) is 2. The highest BCUT2D eigenvalue weighted by molar-refractivity contribution is 5.96. The first-order chi connectivity index (χ1) is 19.7. The summed E-state index contributed by atoms with van der Waals surface area (Å²) in [4.78, 5) is 64.3. The van der Waals surface area contributed by atoms with E-state index in [-0.39, 0.29) is 49.6 Å². The van der Waals surface area contributed by atoms with Gasteiger partial charge in [0.2, 0.25) is 5.91 Å². The predicted octanol–water partition coefficient (Wildman–Crippen LogP) is 3.96. The molecule has 1 fully saturated rings. The largest absolute Gasteiger partial charge is 0.460 e. The lowest BCUT2D eigenvalue weighted by molar-refractivity contribution is -0.155. The average Bonchev–Trinajstić information content (AvgIpc) is 2.93. The summed E-state index contributed by atoms with van der Waals surface area (Å²) in [6, 6.07) is 9.99. The Hall–Kier alpha value is -4.02. The number of hydrogen-bond donors (Lipinski definition) is 1. The molecule has 1 atom stereocenters. The van der Waals surface area contributed by atoms with Gasteiger partial charge in [-0.1, -0.05) is 51.1 Å². The molecule has 0 bridgehead atoms. The van der Waals surface area contributed by atoms with Gasteiger partial charge in [0.1, 0.15) is 17.3 Å². The van der Waals surface area contributed by atoms with Crippen molar-refractivity contribution in [1.29, 1.82) is 0 Å². The highest BCUT2D eigenvalue weighted by atomic mass is 16.6. The molecule has 11 nitrogen and oxygen atoms in total. The zero-order chi connectivity index (χ0) is 31.1. The Bertz CT molecular complexity index is 1260. The number of rotatable bonds is 8. The molecule has 3 rings (SSSR count). The van der Waals surface area contributed by atoms with Crippen LogP contribution in [0.15, 0.2) is 36.4 Å². The van der Waals surface area contributed by atoms with E-state index >= 15 is 0 Å². The fraction of sp³-hybridized carbons (Fsp3) is 0.548. The van der Waals surface area contributed by atoms with Crippen molar-refractivity contribution >= 4 is 23.9 Å². The first-order valence-corrected chi connectivity index (χ1v) is 14.4. The van der Waals surface area contributed by atoms with Gasteiger partial charge in [0.05, 0.1) is 12.3 Å². The SMILES string of the molecule is CCOC(=O)N1CCN(C(=O)C(CCC(=O)OC(C)(C)C)NC(=O)c2cc(C(C)(C)C)nc(-c3ccccc3)n2)CC1. The van der Waals surface area contributed by atoms with Crippen molar-refractivity contribution in [2.75, 3.05) is 32.8 Å². The number of carbonyl (C=O) groups excluding carboxylic acids is 4. The molecular weight excluding hydrogens is 538 g/mol. The van der Waals surface area contributed by atoms with Crippen molar-refractivity contribution in [3.8, 4) is 11.4 Å². The van der Waals surface area contributed by atoms with Gasteiger partial charge in [0, 0.05) is 43.6 Å². The van der Waals surface area contributed by atoms with Crippen molar-refractivity contribution in [3.63, 3.8) is 0 Å². The quantitative estimate of drug-likeness (QED) is 0.464. The summed E-state index contributed by atoms with van der Waals surface area (Å²) in [5.41, 5.74) is 0.506. The van der Waals surface area contributed by atoms with Crippen LogP contribution in [0, 0.1) is 0 Å². The van der Waals surface area contributed by atoms with Gasteiger partial charge in [-0.25, -0.2) is 14.8 Å². The molecule has 1 aliphatic heterocycles. The second-order valence-electron chi connectivity index (χ2n) is 12.2. The van der Waals surface area contributed by atoms with Crippen LogP contribution in [0.5, 0.6) is 0 Å². The zero-order valence-electron chi connectivity index (χ0n) is 25.7. The number of amides is 3. The fourth-order valence-corrected chi connectivity index (χ4v) is 4.35. The lowest BCUT2D eigenvalue weighted by atomic mass is 9.91. The molecule has 0 spiro atoms. The van der Waals surface area contributed by atoms with Crippen LogP contribution in [0.25, 0.3) is 11.4 Å². The maximum absolute atomic E-state index is 13.7. The van der Waals surface area contributed by atoms with Crippen LogP contribution in [-0.4, -0.2) is 88.1 Å². The lowest BCUT2D eigenvalue weighted by Gasteiger charge is -2.36. The number of aromatic nitrogens is 2. The number of benzene rings is 1. The summed E-state index contributed by atoms with van der Waals surface area (Å²) >= 11 is 0. The molecule has 1 N–H and O–H groups in total. The van der Waals surface area contributed by atoms with Gasteiger partial charge in [-0.05, 0) is 40.2 Å². The van der Waals surface area contributed by atoms with Crippen LogP contribution in [0.1, 0.15) is 77.5 Å². The van der Waals surface area contributed by atoms with Gasteiger partial charge >= 0.3 is 12.1 Å². The molecule has 0 saturated carbocycles. The van der Waals surface area contributed by atoms with Gasteiger partial charge in [0.15, 0.2) is 5.82 Å². The van der Waals surface area contributed by atoms with Gasteiger partial charge in [0.25, 0.3) is 5.91 Å². The van der Waals surface area contributed by atoms with E-state index in [2.05, 4.69) is 10.3 Å². The van der Waals surface area contributed by atoms with Crippen molar-refractivity contribution < 1.29 is 28.7 Å². The number of esters is 1. The van der Waals surface area contributed by atoms with Gasteiger partial charge in [-0.2, -0.15) is 0 Å². The minimum absolute atomic E-state index is 0.0420. The number of carbonyl (C=O) groups is 4. The molecule has 2 aromatic rings. The van der Waals surface area contributed by atoms with E-state index in [0.29, 0.717) is 24.6 Å². The summed E-state index contributed by atoms with van der Waals surface area (Å²) in [7, 11) is 0. The second kappa shape index (κ2) is 13.8. The molecule has 1 aromatic carbocycles. The summed E-state index contributed by atoms with van der Waals surface area (Å²) in [6.07, 6.45) is -0.449. The van der Waals surface area contributed by atoms with Crippen LogP contribution in [-0.2, 0) is 24.5 Å². The Kier molecular flexibility index (Phi) is 10.6. The molecule has 3 amide bonds. The number of hydrogen-bond acceptors (Lipinski definition) is 8.